The summed E-state index contributed by atoms with van der Waals surface area (Å²) in [5, 5.41) is 29.3. The standard InChI is InChI=1S/C20H22O5/c1-2-6-14-9-10-16(20(25)18(14)23)19(24)15(11-12-17(21)22)13-7-4-3-5-8-13/h3-5,7-10,15,23,25H,2,6,11-12H2,1H3,(H,21,22). The number of phenolic OH excluding ortho intramolecular Hbond substituents is 2. The minimum atomic E-state index is -0.987. The lowest BCUT2D eigenvalue weighted by atomic mass is 9.86. The van der Waals surface area contributed by atoms with Gasteiger partial charge in [0.05, 0.1) is 5.56 Å². The van der Waals surface area contributed by atoms with Crippen molar-refractivity contribution < 1.29 is 24.9 Å². The molecule has 3 N–H and O–H groups in total. The van der Waals surface area contributed by atoms with Crippen LogP contribution in [0.4, 0.5) is 0 Å². The molecule has 2 aromatic carbocycles. The molecule has 0 heterocycles. The predicted molar refractivity (Wildman–Crippen MR) is 94.1 cm³/mol. The molecule has 0 fully saturated rings. The molecule has 0 radical (unpaired) electrons. The average molecular weight is 342 g/mol. The van der Waals surface area contributed by atoms with E-state index in [1.54, 1.807) is 30.3 Å². The Hall–Kier alpha value is -2.82. The Balaban J connectivity index is 2.39. The van der Waals surface area contributed by atoms with Crippen molar-refractivity contribution in [2.45, 2.75) is 38.5 Å². The Morgan fingerprint density at radius 2 is 1.68 bits per heavy atom. The van der Waals surface area contributed by atoms with E-state index in [1.807, 2.05) is 13.0 Å². The van der Waals surface area contributed by atoms with Gasteiger partial charge in [0.25, 0.3) is 0 Å². The maximum absolute atomic E-state index is 12.9. The van der Waals surface area contributed by atoms with Crippen molar-refractivity contribution >= 4 is 11.8 Å². The molecule has 0 spiro atoms. The predicted octanol–water partition coefficient (Wildman–Crippen LogP) is 3.88. The van der Waals surface area contributed by atoms with Crippen LogP contribution in [0, 0.1) is 0 Å². The quantitative estimate of drug-likeness (QED) is 0.500. The summed E-state index contributed by atoms with van der Waals surface area (Å²) in [7, 11) is 0. The zero-order chi connectivity index (χ0) is 18.4. The number of Topliss-reactive ketones (excluding diaryl/α,β-unsaturated/α-hetero) is 1. The summed E-state index contributed by atoms with van der Waals surface area (Å²) in [6.07, 6.45) is 1.35. The van der Waals surface area contributed by atoms with Crippen LogP contribution in [-0.4, -0.2) is 27.1 Å². The number of hydrogen-bond donors (Lipinski definition) is 3. The third kappa shape index (κ3) is 4.38. The van der Waals surface area contributed by atoms with Crippen LogP contribution >= 0.6 is 0 Å². The van der Waals surface area contributed by atoms with Crippen molar-refractivity contribution in [3.05, 3.63) is 59.2 Å². The smallest absolute Gasteiger partial charge is 0.303 e. The van der Waals surface area contributed by atoms with Crippen LogP contribution in [-0.2, 0) is 11.2 Å². The summed E-state index contributed by atoms with van der Waals surface area (Å²) in [5.74, 6) is -2.80. The molecule has 0 aliphatic carbocycles. The zero-order valence-electron chi connectivity index (χ0n) is 14.1. The highest BCUT2D eigenvalue weighted by Gasteiger charge is 2.26. The van der Waals surface area contributed by atoms with Crippen molar-refractivity contribution in [3.63, 3.8) is 0 Å². The van der Waals surface area contributed by atoms with Crippen LogP contribution < -0.4 is 0 Å². The lowest BCUT2D eigenvalue weighted by Crippen LogP contribution is -2.15. The van der Waals surface area contributed by atoms with Gasteiger partial charge in [0.1, 0.15) is 0 Å². The molecule has 0 bridgehead atoms. The number of carboxylic acid groups (broad SMARTS) is 1. The van der Waals surface area contributed by atoms with E-state index in [4.69, 9.17) is 5.11 Å². The van der Waals surface area contributed by atoms with Gasteiger partial charge in [-0.05, 0) is 30.0 Å². The van der Waals surface area contributed by atoms with Crippen LogP contribution in [0.5, 0.6) is 11.5 Å². The van der Waals surface area contributed by atoms with Crippen molar-refractivity contribution in [3.8, 4) is 11.5 Å². The number of phenols is 2. The van der Waals surface area contributed by atoms with Crippen LogP contribution in [0.2, 0.25) is 0 Å². The van der Waals surface area contributed by atoms with Crippen molar-refractivity contribution in [2.24, 2.45) is 0 Å². The lowest BCUT2D eigenvalue weighted by Gasteiger charge is -2.17. The molecular weight excluding hydrogens is 320 g/mol. The molecule has 0 aliphatic heterocycles. The van der Waals surface area contributed by atoms with Crippen LogP contribution in [0.15, 0.2) is 42.5 Å². The van der Waals surface area contributed by atoms with Gasteiger partial charge in [-0.2, -0.15) is 0 Å². The van der Waals surface area contributed by atoms with Gasteiger partial charge in [0.15, 0.2) is 17.3 Å². The zero-order valence-corrected chi connectivity index (χ0v) is 14.1. The molecule has 0 amide bonds. The highest BCUT2D eigenvalue weighted by atomic mass is 16.4. The van der Waals surface area contributed by atoms with E-state index < -0.39 is 23.4 Å². The largest absolute Gasteiger partial charge is 0.504 e. The molecule has 1 atom stereocenters. The molecule has 5 heteroatoms. The molecule has 2 aromatic rings. The molecule has 132 valence electrons. The fourth-order valence-corrected chi connectivity index (χ4v) is 2.88. The minimum Gasteiger partial charge on any atom is -0.504 e. The number of aromatic hydroxyl groups is 2. The van der Waals surface area contributed by atoms with Crippen LogP contribution in [0.1, 0.15) is 53.6 Å². The molecule has 0 saturated heterocycles. The fraction of sp³-hybridized carbons (Fsp3) is 0.300. The summed E-state index contributed by atoms with van der Waals surface area (Å²) in [6.45, 7) is 1.95. The Kier molecular flexibility index (Phi) is 6.17. The highest BCUT2D eigenvalue weighted by molar-refractivity contribution is 6.04. The lowest BCUT2D eigenvalue weighted by molar-refractivity contribution is -0.137. The topological polar surface area (TPSA) is 94.8 Å². The maximum Gasteiger partial charge on any atom is 0.303 e. The Labute approximate surface area is 146 Å². The summed E-state index contributed by atoms with van der Waals surface area (Å²) in [5.41, 5.74) is 1.28. The molecule has 2 rings (SSSR count). The number of aliphatic carboxylic acids is 1. The van der Waals surface area contributed by atoms with Gasteiger partial charge in [0.2, 0.25) is 0 Å². The van der Waals surface area contributed by atoms with Gasteiger partial charge in [-0.1, -0.05) is 49.7 Å². The summed E-state index contributed by atoms with van der Waals surface area (Å²) in [6, 6.07) is 12.0. The van der Waals surface area contributed by atoms with E-state index >= 15 is 0 Å². The second-order valence-corrected chi connectivity index (χ2v) is 5.98. The van der Waals surface area contributed by atoms with Crippen molar-refractivity contribution in [1.29, 1.82) is 0 Å². The van der Waals surface area contributed by atoms with Gasteiger partial charge < -0.3 is 15.3 Å². The fourth-order valence-electron chi connectivity index (χ4n) is 2.88. The Bertz CT molecular complexity index is 752. The van der Waals surface area contributed by atoms with E-state index in [-0.39, 0.29) is 24.2 Å². The third-order valence-corrected chi connectivity index (χ3v) is 4.18. The second kappa shape index (κ2) is 8.33. The van der Waals surface area contributed by atoms with Crippen molar-refractivity contribution in [1.82, 2.24) is 0 Å². The number of carbonyl (C=O) groups is 2. The first-order valence-corrected chi connectivity index (χ1v) is 8.30. The molecular formula is C20H22O5. The molecule has 25 heavy (non-hydrogen) atoms. The number of rotatable bonds is 8. The number of hydrogen-bond acceptors (Lipinski definition) is 4. The van der Waals surface area contributed by atoms with Gasteiger partial charge in [-0.15, -0.1) is 0 Å². The first-order chi connectivity index (χ1) is 12.0. The van der Waals surface area contributed by atoms with Crippen molar-refractivity contribution in [2.75, 3.05) is 0 Å². The highest BCUT2D eigenvalue weighted by Crippen LogP contribution is 2.37. The molecule has 5 nitrogen and oxygen atoms in total. The average Bonchev–Trinajstić information content (AvgIpc) is 2.60. The molecule has 1 unspecified atom stereocenters. The molecule has 0 aliphatic rings. The van der Waals surface area contributed by atoms with Gasteiger partial charge in [-0.3, -0.25) is 9.59 Å². The van der Waals surface area contributed by atoms with Gasteiger partial charge in [-0.25, -0.2) is 0 Å². The summed E-state index contributed by atoms with van der Waals surface area (Å²) < 4.78 is 0. The van der Waals surface area contributed by atoms with Gasteiger partial charge >= 0.3 is 5.97 Å². The minimum absolute atomic E-state index is 0.0107. The Morgan fingerprint density at radius 3 is 2.28 bits per heavy atom. The molecule has 0 saturated carbocycles. The van der Waals surface area contributed by atoms with Crippen LogP contribution in [0.3, 0.4) is 0 Å². The number of aryl methyl sites for hydroxylation is 1. The van der Waals surface area contributed by atoms with E-state index in [0.717, 1.165) is 6.42 Å². The second-order valence-electron chi connectivity index (χ2n) is 5.98. The first-order valence-electron chi connectivity index (χ1n) is 8.30. The van der Waals surface area contributed by atoms with Crippen LogP contribution in [0.25, 0.3) is 0 Å². The summed E-state index contributed by atoms with van der Waals surface area (Å²) >= 11 is 0. The number of carbonyl (C=O) groups excluding carboxylic acids is 1. The first kappa shape index (κ1) is 18.5. The monoisotopic (exact) mass is 342 g/mol. The van der Waals surface area contributed by atoms with E-state index in [1.165, 1.54) is 6.07 Å². The SMILES string of the molecule is CCCc1ccc(C(=O)C(CCC(=O)O)c2ccccc2)c(O)c1O. The van der Waals surface area contributed by atoms with E-state index in [9.17, 15) is 19.8 Å². The third-order valence-electron chi connectivity index (χ3n) is 4.18. The Morgan fingerprint density at radius 1 is 1.00 bits per heavy atom. The van der Waals surface area contributed by atoms with E-state index in [0.29, 0.717) is 17.5 Å². The van der Waals surface area contributed by atoms with Gasteiger partial charge in [0, 0.05) is 12.3 Å². The molecule has 0 aromatic heterocycles. The summed E-state index contributed by atoms with van der Waals surface area (Å²) in [4.78, 5) is 23.9. The maximum atomic E-state index is 12.9. The van der Waals surface area contributed by atoms with E-state index in [2.05, 4.69) is 0 Å². The number of benzene rings is 2. The number of ketones is 1. The normalized spacial score (nSPS) is 11.9. The number of carboxylic acids is 1.